The Balaban J connectivity index is 2.71. The third-order valence-corrected chi connectivity index (χ3v) is 2.33. The summed E-state index contributed by atoms with van der Waals surface area (Å²) < 4.78 is 36.9. The van der Waals surface area contributed by atoms with Crippen LogP contribution in [0.15, 0.2) is 24.3 Å². The molecular weight excluding hydrogens is 217 g/mol. The van der Waals surface area contributed by atoms with Crippen molar-refractivity contribution in [3.63, 3.8) is 0 Å². The minimum absolute atomic E-state index is 0.574. The Labute approximate surface area is 92.9 Å². The molecule has 5 heteroatoms. The van der Waals surface area contributed by atoms with Crippen LogP contribution in [0.5, 0.6) is 0 Å². The number of nitrogens with two attached hydrogens (primary N) is 1. The monoisotopic (exact) mass is 232 g/mol. The largest absolute Gasteiger partial charge is 0.416 e. The molecule has 1 aromatic carbocycles. The van der Waals surface area contributed by atoms with Crippen LogP contribution in [-0.2, 0) is 6.18 Å². The maximum absolute atomic E-state index is 12.3. The topological polar surface area (TPSA) is 29.3 Å². The van der Waals surface area contributed by atoms with Gasteiger partial charge in [0, 0.05) is 19.3 Å². The van der Waals surface area contributed by atoms with Crippen molar-refractivity contribution in [3.8, 4) is 0 Å². The summed E-state index contributed by atoms with van der Waals surface area (Å²) in [6, 6.07) is 5.13. The van der Waals surface area contributed by atoms with Crippen molar-refractivity contribution in [3.05, 3.63) is 29.8 Å². The lowest BCUT2D eigenvalue weighted by atomic mass is 10.2. The number of benzene rings is 1. The summed E-state index contributed by atoms with van der Waals surface area (Å²) in [5.41, 5.74) is 5.50. The van der Waals surface area contributed by atoms with Gasteiger partial charge in [0.1, 0.15) is 0 Å². The molecule has 1 rings (SSSR count). The van der Waals surface area contributed by atoms with Gasteiger partial charge in [0.2, 0.25) is 0 Å². The lowest BCUT2D eigenvalue weighted by Crippen LogP contribution is -2.21. The zero-order valence-corrected chi connectivity index (χ0v) is 9.09. The van der Waals surface area contributed by atoms with Gasteiger partial charge in [-0.15, -0.1) is 0 Å². The molecule has 0 amide bonds. The van der Waals surface area contributed by atoms with E-state index < -0.39 is 11.7 Å². The summed E-state index contributed by atoms with van der Waals surface area (Å²) in [7, 11) is 1.83. The fourth-order valence-electron chi connectivity index (χ4n) is 1.36. The van der Waals surface area contributed by atoms with E-state index in [2.05, 4.69) is 0 Å². The van der Waals surface area contributed by atoms with Gasteiger partial charge in [-0.1, -0.05) is 0 Å². The summed E-state index contributed by atoms with van der Waals surface area (Å²) in [4.78, 5) is 1.88. The first-order valence-corrected chi connectivity index (χ1v) is 5.03. The molecule has 2 N–H and O–H groups in total. The normalized spacial score (nSPS) is 11.6. The van der Waals surface area contributed by atoms with Gasteiger partial charge in [-0.05, 0) is 37.2 Å². The van der Waals surface area contributed by atoms with Crippen molar-refractivity contribution < 1.29 is 13.2 Å². The van der Waals surface area contributed by atoms with Gasteiger partial charge < -0.3 is 10.6 Å². The average molecular weight is 232 g/mol. The summed E-state index contributed by atoms with van der Waals surface area (Å²) in [5, 5.41) is 0. The van der Waals surface area contributed by atoms with Crippen LogP contribution in [0.1, 0.15) is 12.0 Å². The molecule has 0 saturated carbocycles. The predicted molar refractivity (Wildman–Crippen MR) is 58.4 cm³/mol. The molecule has 0 bridgehead atoms. The molecular formula is C11H15F3N2. The first kappa shape index (κ1) is 12.8. The van der Waals surface area contributed by atoms with Crippen molar-refractivity contribution in [1.29, 1.82) is 0 Å². The highest BCUT2D eigenvalue weighted by atomic mass is 19.4. The third kappa shape index (κ3) is 3.41. The second kappa shape index (κ2) is 5.21. The molecule has 0 heterocycles. The van der Waals surface area contributed by atoms with Crippen molar-refractivity contribution in [1.82, 2.24) is 0 Å². The number of nitrogens with zero attached hydrogens (tertiary/aromatic N) is 1. The van der Waals surface area contributed by atoms with E-state index in [-0.39, 0.29) is 0 Å². The zero-order valence-electron chi connectivity index (χ0n) is 9.09. The zero-order chi connectivity index (χ0) is 12.2. The summed E-state index contributed by atoms with van der Waals surface area (Å²) in [6.07, 6.45) is -3.45. The van der Waals surface area contributed by atoms with Crippen LogP contribution in [0.2, 0.25) is 0 Å². The first-order chi connectivity index (χ1) is 7.45. The lowest BCUT2D eigenvalue weighted by molar-refractivity contribution is -0.137. The van der Waals surface area contributed by atoms with E-state index in [1.165, 1.54) is 12.1 Å². The molecule has 16 heavy (non-hydrogen) atoms. The number of halogens is 3. The van der Waals surface area contributed by atoms with E-state index in [1.807, 2.05) is 11.9 Å². The third-order valence-electron chi connectivity index (χ3n) is 2.33. The molecule has 0 spiro atoms. The van der Waals surface area contributed by atoms with Crippen molar-refractivity contribution in [2.24, 2.45) is 5.73 Å². The van der Waals surface area contributed by atoms with Crippen LogP contribution < -0.4 is 10.6 Å². The Hall–Kier alpha value is -1.23. The van der Waals surface area contributed by atoms with Crippen LogP contribution in [-0.4, -0.2) is 20.1 Å². The molecule has 0 radical (unpaired) electrons. The Kier molecular flexibility index (Phi) is 4.18. The maximum atomic E-state index is 12.3. The predicted octanol–water partition coefficient (Wildman–Crippen LogP) is 2.49. The molecule has 0 unspecified atom stereocenters. The molecule has 0 atom stereocenters. The van der Waals surface area contributed by atoms with Crippen molar-refractivity contribution >= 4 is 5.69 Å². The molecule has 0 saturated heterocycles. The fraction of sp³-hybridized carbons (Fsp3) is 0.455. The minimum Gasteiger partial charge on any atom is -0.375 e. The van der Waals surface area contributed by atoms with Crippen molar-refractivity contribution in [2.45, 2.75) is 12.6 Å². The number of alkyl halides is 3. The number of hydrogen-bond donors (Lipinski definition) is 1. The van der Waals surface area contributed by atoms with E-state index in [9.17, 15) is 13.2 Å². The number of anilines is 1. The van der Waals surface area contributed by atoms with E-state index in [0.29, 0.717) is 6.54 Å². The lowest BCUT2D eigenvalue weighted by Gasteiger charge is -2.19. The van der Waals surface area contributed by atoms with Crippen LogP contribution in [0.4, 0.5) is 18.9 Å². The quantitative estimate of drug-likeness (QED) is 0.864. The molecule has 1 aromatic rings. The van der Waals surface area contributed by atoms with Crippen LogP contribution in [0.25, 0.3) is 0 Å². The van der Waals surface area contributed by atoms with Gasteiger partial charge in [0.15, 0.2) is 0 Å². The SMILES string of the molecule is CN(CCCN)c1ccc(C(F)(F)F)cc1. The molecule has 90 valence electrons. The smallest absolute Gasteiger partial charge is 0.375 e. The molecule has 0 aliphatic carbocycles. The van der Waals surface area contributed by atoms with E-state index in [0.717, 1.165) is 30.8 Å². The Bertz CT molecular complexity index is 319. The second-order valence-corrected chi connectivity index (χ2v) is 3.61. The van der Waals surface area contributed by atoms with Crippen LogP contribution in [0.3, 0.4) is 0 Å². The van der Waals surface area contributed by atoms with Gasteiger partial charge in [0.25, 0.3) is 0 Å². The average Bonchev–Trinajstić information content (AvgIpc) is 2.25. The highest BCUT2D eigenvalue weighted by Gasteiger charge is 2.29. The molecule has 0 aliphatic rings. The standard InChI is InChI=1S/C11H15F3N2/c1-16(8-2-7-15)10-5-3-9(4-6-10)11(12,13)14/h3-6H,2,7-8,15H2,1H3. The summed E-state index contributed by atoms with van der Waals surface area (Å²) in [5.74, 6) is 0. The number of hydrogen-bond acceptors (Lipinski definition) is 2. The van der Waals surface area contributed by atoms with Gasteiger partial charge in [-0.2, -0.15) is 13.2 Å². The van der Waals surface area contributed by atoms with Gasteiger partial charge >= 0.3 is 6.18 Å². The first-order valence-electron chi connectivity index (χ1n) is 5.03. The highest BCUT2D eigenvalue weighted by Crippen LogP contribution is 2.30. The second-order valence-electron chi connectivity index (χ2n) is 3.61. The minimum atomic E-state index is -4.27. The van der Waals surface area contributed by atoms with Gasteiger partial charge in [0.05, 0.1) is 5.56 Å². The van der Waals surface area contributed by atoms with Crippen molar-refractivity contribution in [2.75, 3.05) is 25.0 Å². The van der Waals surface area contributed by atoms with Gasteiger partial charge in [-0.25, -0.2) is 0 Å². The maximum Gasteiger partial charge on any atom is 0.416 e. The molecule has 0 fully saturated rings. The Morgan fingerprint density at radius 2 is 1.75 bits per heavy atom. The van der Waals surface area contributed by atoms with E-state index >= 15 is 0 Å². The fourth-order valence-corrected chi connectivity index (χ4v) is 1.36. The van der Waals surface area contributed by atoms with Crippen LogP contribution >= 0.6 is 0 Å². The Morgan fingerprint density at radius 3 is 2.19 bits per heavy atom. The number of rotatable bonds is 4. The molecule has 0 aromatic heterocycles. The van der Waals surface area contributed by atoms with E-state index in [4.69, 9.17) is 5.73 Å². The Morgan fingerprint density at radius 1 is 1.19 bits per heavy atom. The highest BCUT2D eigenvalue weighted by molar-refractivity contribution is 5.47. The summed E-state index contributed by atoms with van der Waals surface area (Å²) in [6.45, 7) is 1.31. The van der Waals surface area contributed by atoms with E-state index in [1.54, 1.807) is 0 Å². The van der Waals surface area contributed by atoms with Crippen LogP contribution in [0, 0.1) is 0 Å². The van der Waals surface area contributed by atoms with Gasteiger partial charge in [-0.3, -0.25) is 0 Å². The molecule has 2 nitrogen and oxygen atoms in total. The summed E-state index contributed by atoms with van der Waals surface area (Å²) >= 11 is 0. The molecule has 0 aliphatic heterocycles.